The van der Waals surface area contributed by atoms with E-state index in [1.165, 1.54) is 6.42 Å². The molecule has 4 nitrogen and oxygen atoms in total. The molecule has 0 radical (unpaired) electrons. The third kappa shape index (κ3) is 3.78. The predicted molar refractivity (Wildman–Crippen MR) is 87.2 cm³/mol. The monoisotopic (exact) mass is 295 g/mol. The lowest BCUT2D eigenvalue weighted by Crippen LogP contribution is -2.71. The van der Waals surface area contributed by atoms with Gasteiger partial charge in [-0.2, -0.15) is 0 Å². The van der Waals surface area contributed by atoms with Gasteiger partial charge in [0.15, 0.2) is 0 Å². The van der Waals surface area contributed by atoms with Gasteiger partial charge in [-0.3, -0.25) is 9.69 Å². The highest BCUT2D eigenvalue weighted by Crippen LogP contribution is 2.35. The Morgan fingerprint density at radius 1 is 1.14 bits per heavy atom. The molecule has 3 aliphatic heterocycles. The molecule has 0 aromatic heterocycles. The molecule has 3 atom stereocenters. The zero-order chi connectivity index (χ0) is 15.7. The average Bonchev–Trinajstić information content (AvgIpc) is 2.36. The number of nitrogens with zero attached hydrogens (tertiary/aromatic N) is 3. The summed E-state index contributed by atoms with van der Waals surface area (Å²) in [5.74, 6) is 1.14. The summed E-state index contributed by atoms with van der Waals surface area (Å²) in [6.07, 6.45) is 2.21. The smallest absolute Gasteiger partial charge is 0.227 e. The standard InChI is InChI=1S/C17H33N3O/c1-12(2)7-14(9-18(5)6)17(21)20-15-8-16(20)11-19(10-15)13(3)4/h12-16H,7-11H2,1-6H3. The predicted octanol–water partition coefficient (Wildman–Crippen LogP) is 1.90. The van der Waals surface area contributed by atoms with Crippen molar-refractivity contribution in [2.45, 2.75) is 58.7 Å². The number of amides is 1. The maximum absolute atomic E-state index is 13.0. The van der Waals surface area contributed by atoms with Crippen molar-refractivity contribution in [2.24, 2.45) is 11.8 Å². The zero-order valence-corrected chi connectivity index (χ0v) is 14.7. The summed E-state index contributed by atoms with van der Waals surface area (Å²) < 4.78 is 0. The Balaban J connectivity index is 1.99. The maximum Gasteiger partial charge on any atom is 0.227 e. The molecule has 0 N–H and O–H groups in total. The molecule has 0 aliphatic carbocycles. The van der Waals surface area contributed by atoms with Gasteiger partial charge >= 0.3 is 0 Å². The average molecular weight is 295 g/mol. The Bertz CT molecular complexity index is 345. The van der Waals surface area contributed by atoms with Gasteiger partial charge in [0.25, 0.3) is 0 Å². The van der Waals surface area contributed by atoms with Gasteiger partial charge in [-0.05, 0) is 46.7 Å². The molecule has 0 saturated carbocycles. The minimum atomic E-state index is 0.163. The lowest BCUT2D eigenvalue weighted by Gasteiger charge is -2.58. The molecule has 3 rings (SSSR count). The lowest BCUT2D eigenvalue weighted by molar-refractivity contribution is -0.160. The number of piperidine rings is 1. The first kappa shape index (κ1) is 16.8. The summed E-state index contributed by atoms with van der Waals surface area (Å²) in [6, 6.07) is 1.53. The van der Waals surface area contributed by atoms with Gasteiger partial charge in [-0.1, -0.05) is 13.8 Å². The maximum atomic E-state index is 13.0. The van der Waals surface area contributed by atoms with Crippen molar-refractivity contribution in [1.29, 1.82) is 0 Å². The first-order valence-corrected chi connectivity index (χ1v) is 8.50. The highest BCUT2D eigenvalue weighted by molar-refractivity contribution is 5.81. The van der Waals surface area contributed by atoms with E-state index in [1.807, 2.05) is 0 Å². The van der Waals surface area contributed by atoms with E-state index in [0.29, 0.717) is 30.0 Å². The Kier molecular flexibility index (Phi) is 5.31. The van der Waals surface area contributed by atoms with E-state index in [1.54, 1.807) is 0 Å². The van der Waals surface area contributed by atoms with Gasteiger partial charge in [-0.15, -0.1) is 0 Å². The first-order chi connectivity index (χ1) is 9.79. The molecular formula is C17H33N3O. The molecule has 3 heterocycles. The molecule has 21 heavy (non-hydrogen) atoms. The fourth-order valence-electron chi connectivity index (χ4n) is 3.90. The summed E-state index contributed by atoms with van der Waals surface area (Å²) in [6.45, 7) is 11.9. The highest BCUT2D eigenvalue weighted by Gasteiger charge is 2.48. The molecule has 3 fully saturated rings. The number of rotatable bonds is 6. The van der Waals surface area contributed by atoms with Crippen molar-refractivity contribution in [3.05, 3.63) is 0 Å². The number of hydrogen-bond acceptors (Lipinski definition) is 3. The highest BCUT2D eigenvalue weighted by atomic mass is 16.2. The van der Waals surface area contributed by atoms with Crippen LogP contribution in [0.3, 0.4) is 0 Å². The van der Waals surface area contributed by atoms with Crippen molar-refractivity contribution >= 4 is 5.91 Å². The molecule has 4 heteroatoms. The van der Waals surface area contributed by atoms with Crippen LogP contribution in [0, 0.1) is 11.8 Å². The number of carbonyl (C=O) groups excluding carboxylic acids is 1. The second-order valence-corrected chi connectivity index (χ2v) is 7.93. The van der Waals surface area contributed by atoms with E-state index in [-0.39, 0.29) is 5.92 Å². The van der Waals surface area contributed by atoms with E-state index < -0.39 is 0 Å². The second-order valence-electron chi connectivity index (χ2n) is 7.93. The molecule has 0 aromatic carbocycles. The van der Waals surface area contributed by atoms with Crippen LogP contribution in [0.5, 0.6) is 0 Å². The van der Waals surface area contributed by atoms with Gasteiger partial charge < -0.3 is 9.80 Å². The molecule has 3 aliphatic rings. The minimum Gasteiger partial charge on any atom is -0.334 e. The van der Waals surface area contributed by atoms with E-state index in [9.17, 15) is 4.79 Å². The van der Waals surface area contributed by atoms with Crippen molar-refractivity contribution in [1.82, 2.24) is 14.7 Å². The summed E-state index contributed by atoms with van der Waals surface area (Å²) >= 11 is 0. The number of carbonyl (C=O) groups is 1. The Hall–Kier alpha value is -0.610. The summed E-state index contributed by atoms with van der Waals surface area (Å²) in [5, 5.41) is 0. The summed E-state index contributed by atoms with van der Waals surface area (Å²) in [7, 11) is 4.14. The zero-order valence-electron chi connectivity index (χ0n) is 14.7. The molecule has 2 bridgehead atoms. The van der Waals surface area contributed by atoms with Gasteiger partial charge in [0, 0.05) is 37.8 Å². The molecule has 1 amide bonds. The normalized spacial score (nSPS) is 27.4. The number of fused-ring (bicyclic) bond motifs is 2. The van der Waals surface area contributed by atoms with Crippen LogP contribution < -0.4 is 0 Å². The van der Waals surface area contributed by atoms with Crippen LogP contribution in [-0.4, -0.2) is 72.5 Å². The third-order valence-electron chi connectivity index (χ3n) is 4.90. The van der Waals surface area contributed by atoms with Crippen LogP contribution in [-0.2, 0) is 4.79 Å². The fourth-order valence-corrected chi connectivity index (χ4v) is 3.90. The van der Waals surface area contributed by atoms with Crippen LogP contribution in [0.1, 0.15) is 40.5 Å². The van der Waals surface area contributed by atoms with Gasteiger partial charge in [0.1, 0.15) is 0 Å². The van der Waals surface area contributed by atoms with E-state index in [2.05, 4.69) is 56.5 Å². The molecule has 122 valence electrons. The lowest BCUT2D eigenvalue weighted by atomic mass is 9.83. The topological polar surface area (TPSA) is 26.8 Å². The van der Waals surface area contributed by atoms with Crippen LogP contribution in [0.15, 0.2) is 0 Å². The van der Waals surface area contributed by atoms with E-state index >= 15 is 0 Å². The fraction of sp³-hybridized carbons (Fsp3) is 0.941. The van der Waals surface area contributed by atoms with Crippen LogP contribution >= 0.6 is 0 Å². The van der Waals surface area contributed by atoms with Crippen molar-refractivity contribution in [3.8, 4) is 0 Å². The van der Waals surface area contributed by atoms with Gasteiger partial charge in [0.2, 0.25) is 5.91 Å². The molecular weight excluding hydrogens is 262 g/mol. The number of hydrogen-bond donors (Lipinski definition) is 0. The second kappa shape index (κ2) is 6.66. The minimum absolute atomic E-state index is 0.163. The van der Waals surface area contributed by atoms with Crippen LogP contribution in [0.25, 0.3) is 0 Å². The van der Waals surface area contributed by atoms with E-state index in [0.717, 1.165) is 26.1 Å². The first-order valence-electron chi connectivity index (χ1n) is 8.50. The Morgan fingerprint density at radius 2 is 1.71 bits per heavy atom. The Morgan fingerprint density at radius 3 is 2.14 bits per heavy atom. The van der Waals surface area contributed by atoms with Crippen molar-refractivity contribution in [2.75, 3.05) is 33.7 Å². The summed E-state index contributed by atoms with van der Waals surface area (Å²) in [4.78, 5) is 19.9. The molecule has 0 aromatic rings. The molecule has 3 saturated heterocycles. The van der Waals surface area contributed by atoms with E-state index in [4.69, 9.17) is 0 Å². The van der Waals surface area contributed by atoms with Gasteiger partial charge in [-0.25, -0.2) is 0 Å². The summed E-state index contributed by atoms with van der Waals surface area (Å²) in [5.41, 5.74) is 0. The SMILES string of the molecule is CC(C)CC(CN(C)C)C(=O)N1C2CC1CN(C(C)C)C2. The van der Waals surface area contributed by atoms with Crippen molar-refractivity contribution < 1.29 is 4.79 Å². The Labute approximate surface area is 130 Å². The third-order valence-corrected chi connectivity index (χ3v) is 4.90. The quantitative estimate of drug-likeness (QED) is 0.749. The van der Waals surface area contributed by atoms with Crippen LogP contribution in [0.4, 0.5) is 0 Å². The molecule has 3 unspecified atom stereocenters. The van der Waals surface area contributed by atoms with Crippen molar-refractivity contribution in [3.63, 3.8) is 0 Å². The largest absolute Gasteiger partial charge is 0.334 e. The van der Waals surface area contributed by atoms with Gasteiger partial charge in [0.05, 0.1) is 5.92 Å². The van der Waals surface area contributed by atoms with Crippen LogP contribution in [0.2, 0.25) is 0 Å². The number of piperazine rings is 1. The molecule has 0 spiro atoms.